The molecule has 0 radical (unpaired) electrons. The Morgan fingerprint density at radius 1 is 0.646 bits per heavy atom. The number of aliphatic hydroxyl groups excluding tert-OH is 1. The summed E-state index contributed by atoms with van der Waals surface area (Å²) in [7, 11) is -0.557. The van der Waals surface area contributed by atoms with Crippen molar-refractivity contribution in [2.24, 2.45) is 0 Å². The van der Waals surface area contributed by atoms with E-state index in [0.717, 1.165) is 31.8 Å². The second-order valence-corrected chi connectivity index (χ2v) is 25.1. The summed E-state index contributed by atoms with van der Waals surface area (Å²) >= 11 is 18.4. The van der Waals surface area contributed by atoms with Gasteiger partial charge in [0.05, 0.1) is 14.1 Å². The number of hydrogen-bond acceptors (Lipinski definition) is 3. The first-order valence-electron chi connectivity index (χ1n) is 15.5. The van der Waals surface area contributed by atoms with Crippen LogP contribution in [0.25, 0.3) is 0 Å². The van der Waals surface area contributed by atoms with Gasteiger partial charge in [-0.3, -0.25) is 9.34 Å². The van der Waals surface area contributed by atoms with Crippen LogP contribution in [0.4, 0.5) is 0 Å². The number of aliphatic hydroxyl groups is 1. The molecule has 0 saturated carbocycles. The molecule has 48 heavy (non-hydrogen) atoms. The summed E-state index contributed by atoms with van der Waals surface area (Å²) < 4.78 is 5.08. The number of hydrogen-bond donors (Lipinski definition) is 1. The molecule has 0 spiro atoms. The van der Waals surface area contributed by atoms with Crippen LogP contribution in [0, 0.1) is 13.8 Å². The van der Waals surface area contributed by atoms with Crippen molar-refractivity contribution in [3.05, 3.63) is 70.8 Å². The van der Waals surface area contributed by atoms with Crippen LogP contribution in [0.1, 0.15) is 84.6 Å². The minimum atomic E-state index is -0.908. The van der Waals surface area contributed by atoms with Gasteiger partial charge in [0.1, 0.15) is 0 Å². The maximum absolute atomic E-state index is 7.88. The van der Waals surface area contributed by atoms with E-state index < -0.39 is 14.1 Å². The third kappa shape index (κ3) is 29.1. The van der Waals surface area contributed by atoms with E-state index in [4.69, 9.17) is 38.8 Å². The molecule has 0 saturated heterocycles. The average Bonchev–Trinajstić information content (AvgIpc) is 2.93. The van der Waals surface area contributed by atoms with Crippen molar-refractivity contribution in [3.8, 4) is 0 Å². The van der Waals surface area contributed by atoms with Crippen molar-refractivity contribution in [2.45, 2.75) is 100 Å². The van der Waals surface area contributed by atoms with Crippen LogP contribution in [0.15, 0.2) is 48.5 Å². The maximum atomic E-state index is 7.88. The summed E-state index contributed by atoms with van der Waals surface area (Å²) in [5.74, 6) is 0. The molecule has 13 heteroatoms. The number of aryl methyl sites for hydroxylation is 2. The van der Waals surface area contributed by atoms with Crippen molar-refractivity contribution in [1.29, 1.82) is 0 Å². The van der Waals surface area contributed by atoms with E-state index in [9.17, 15) is 0 Å². The Labute approximate surface area is 343 Å². The zero-order valence-electron chi connectivity index (χ0n) is 31.5. The fourth-order valence-electron chi connectivity index (χ4n) is 3.99. The largest absolute Gasteiger partial charge is 0.396 e. The molecule has 0 aliphatic carbocycles. The first-order valence-corrected chi connectivity index (χ1v) is 25.5. The van der Waals surface area contributed by atoms with Gasteiger partial charge in [-0.15, -0.1) is 7.92 Å². The summed E-state index contributed by atoms with van der Waals surface area (Å²) in [5, 5.41) is 7.88. The number of benzene rings is 2. The van der Waals surface area contributed by atoms with E-state index >= 15 is 0 Å². The number of nitrogens with zero attached hydrogens (tertiary/aromatic N) is 2. The summed E-state index contributed by atoms with van der Waals surface area (Å²) in [5.41, 5.74) is 5.62. The van der Waals surface area contributed by atoms with E-state index in [-0.39, 0.29) is 80.5 Å². The van der Waals surface area contributed by atoms with Gasteiger partial charge >= 0.3 is 0 Å². The van der Waals surface area contributed by atoms with Gasteiger partial charge in [-0.2, -0.15) is 19.8 Å². The zero-order chi connectivity index (χ0) is 34.1. The Morgan fingerprint density at radius 2 is 1.00 bits per heavy atom. The van der Waals surface area contributed by atoms with E-state index in [1.807, 2.05) is 6.92 Å². The summed E-state index contributed by atoms with van der Waals surface area (Å²) in [6.07, 6.45) is 5.32. The minimum Gasteiger partial charge on any atom is -0.396 e. The summed E-state index contributed by atoms with van der Waals surface area (Å²) in [6.45, 7) is 28.4. The fourth-order valence-corrected chi connectivity index (χ4v) is 13.8. The molecule has 0 aliphatic heterocycles. The standard InChI is InChI=1S/C17H31NP2.C14H22Cl3NP2.C3H8O.CH4.2H3P.Zr/c1-15-8-10-16(11-9-15)14-18(17(2,3)4)20(7)13-12-19(5)6;1-12-5-7-13(8-6-12)11-18(14(2,3)4)20(17)10-9-19(15)16;1-2-3-4;;;;/h8-11H,12-14H2,1-7H3;5-8H,9-11H2,1-4H3;4H,2-3H2,1H3;1H4;2*1H3;. The molecule has 2 rings (SSSR count). The molecule has 0 aromatic heterocycles. The second-order valence-electron chi connectivity index (χ2n) is 13.4. The third-order valence-electron chi connectivity index (χ3n) is 6.68. The van der Waals surface area contributed by atoms with E-state index in [2.05, 4.69) is 133 Å². The van der Waals surface area contributed by atoms with Crippen molar-refractivity contribution in [3.63, 3.8) is 0 Å². The molecule has 2 aromatic rings. The molecular formula is C35H71Cl3N2OP6Zr. The van der Waals surface area contributed by atoms with Gasteiger partial charge in [-0.25, -0.2) is 0 Å². The number of rotatable bonds is 13. The summed E-state index contributed by atoms with van der Waals surface area (Å²) in [6, 6.07) is 17.6. The van der Waals surface area contributed by atoms with Crippen LogP contribution in [0.2, 0.25) is 0 Å². The molecule has 4 unspecified atom stereocenters. The maximum Gasteiger partial charge on any atom is 0.0859 e. The smallest absolute Gasteiger partial charge is 0.0859 e. The predicted molar refractivity (Wildman–Crippen MR) is 242 cm³/mol. The van der Waals surface area contributed by atoms with Gasteiger partial charge in [0.2, 0.25) is 0 Å². The average molecular weight is 919 g/mol. The van der Waals surface area contributed by atoms with Crippen LogP contribution in [0.3, 0.4) is 0 Å². The first kappa shape index (κ1) is 59.9. The topological polar surface area (TPSA) is 26.7 Å². The molecule has 0 bridgehead atoms. The van der Waals surface area contributed by atoms with Crippen LogP contribution >= 0.6 is 83.6 Å². The van der Waals surface area contributed by atoms with E-state index in [1.54, 1.807) is 0 Å². The monoisotopic (exact) mass is 916 g/mol. The van der Waals surface area contributed by atoms with Gasteiger partial charge in [-0.05, 0) is 113 Å². The molecule has 282 valence electrons. The van der Waals surface area contributed by atoms with Crippen molar-refractivity contribution in [1.82, 2.24) is 9.34 Å². The summed E-state index contributed by atoms with van der Waals surface area (Å²) in [4.78, 5) is 0. The van der Waals surface area contributed by atoms with Gasteiger partial charge in [-0.1, -0.05) is 108 Å². The third-order valence-corrected chi connectivity index (χ3v) is 15.4. The minimum absolute atomic E-state index is 0. The number of halogens is 3. The molecule has 1 N–H and O–H groups in total. The molecule has 4 atom stereocenters. The molecular weight excluding hydrogens is 848 g/mol. The predicted octanol–water partition coefficient (Wildman–Crippen LogP) is 13.4. The van der Waals surface area contributed by atoms with Crippen LogP contribution in [-0.2, 0) is 39.3 Å². The van der Waals surface area contributed by atoms with Gasteiger partial charge < -0.3 is 5.11 Å². The second kappa shape index (κ2) is 31.9. The van der Waals surface area contributed by atoms with Gasteiger partial charge in [0, 0.05) is 69.3 Å². The van der Waals surface area contributed by atoms with Crippen LogP contribution in [0.5, 0.6) is 0 Å². The normalized spacial score (nSPS) is 12.3. The van der Waals surface area contributed by atoms with Crippen molar-refractivity contribution in [2.75, 3.05) is 51.2 Å². The Bertz CT molecular complexity index is 930. The van der Waals surface area contributed by atoms with Crippen molar-refractivity contribution >= 4 is 83.6 Å². The quantitative estimate of drug-likeness (QED) is 0.203. The van der Waals surface area contributed by atoms with Crippen molar-refractivity contribution < 1.29 is 31.3 Å². The van der Waals surface area contributed by atoms with Gasteiger partial charge in [0.25, 0.3) is 0 Å². The zero-order valence-corrected chi connectivity index (χ0v) is 42.6. The Morgan fingerprint density at radius 3 is 1.29 bits per heavy atom. The van der Waals surface area contributed by atoms with Gasteiger partial charge in [0.15, 0.2) is 0 Å². The Kier molecular flexibility index (Phi) is 39.9. The SMILES string of the molecule is C.CCCO.Cc1ccc(CN(P(C)CCP(C)C)C(C)(C)C)cc1.Cc1ccc(CN(P(Cl)CCP(Cl)Cl)C(C)(C)C)cc1.P.P.[Zr]. The van der Waals surface area contributed by atoms with E-state index in [0.29, 0.717) is 6.61 Å². The van der Waals surface area contributed by atoms with Crippen LogP contribution in [-0.4, -0.2) is 76.8 Å². The molecule has 0 aliphatic rings. The molecule has 2 aromatic carbocycles. The van der Waals surface area contributed by atoms with E-state index in [1.165, 1.54) is 34.6 Å². The first-order chi connectivity index (χ1) is 20.3. The molecule has 0 fully saturated rings. The molecule has 0 amide bonds. The Balaban J connectivity index is -0.000000215. The van der Waals surface area contributed by atoms with Crippen LogP contribution < -0.4 is 0 Å². The molecule has 0 heterocycles. The fraction of sp³-hybridized carbons (Fsp3) is 0.657. The Hall–Kier alpha value is 2.65. The molecule has 3 nitrogen and oxygen atoms in total.